The fourth-order valence-corrected chi connectivity index (χ4v) is 3.48. The quantitative estimate of drug-likeness (QED) is 0.860. The predicted octanol–water partition coefficient (Wildman–Crippen LogP) is 1.90. The highest BCUT2D eigenvalue weighted by molar-refractivity contribution is 9.10. The van der Waals surface area contributed by atoms with Gasteiger partial charge in [0.05, 0.1) is 4.90 Å². The lowest BCUT2D eigenvalue weighted by Gasteiger charge is -2.14. The Bertz CT molecular complexity index is 556. The summed E-state index contributed by atoms with van der Waals surface area (Å²) in [6.07, 6.45) is 0.182. The average molecular weight is 336 g/mol. The minimum atomic E-state index is -3.83. The first kappa shape index (κ1) is 15.1. The number of carbonyl (C=O) groups is 1. The number of benzene rings is 1. The lowest BCUT2D eigenvalue weighted by Crippen LogP contribution is -2.40. The highest BCUT2D eigenvalue weighted by atomic mass is 79.9. The molecule has 100 valence electrons. The molecule has 0 aliphatic carbocycles. The number of aliphatic carboxylic acids is 1. The van der Waals surface area contributed by atoms with Crippen LogP contribution < -0.4 is 4.72 Å². The van der Waals surface area contributed by atoms with Crippen LogP contribution in [-0.2, 0) is 14.8 Å². The molecule has 0 spiro atoms. The zero-order valence-corrected chi connectivity index (χ0v) is 12.4. The summed E-state index contributed by atoms with van der Waals surface area (Å²) in [5.41, 5.74) is 0.561. The van der Waals surface area contributed by atoms with Crippen LogP contribution in [-0.4, -0.2) is 25.5 Å². The van der Waals surface area contributed by atoms with Crippen LogP contribution in [0.25, 0.3) is 0 Å². The van der Waals surface area contributed by atoms with Crippen LogP contribution in [0.15, 0.2) is 27.6 Å². The second kappa shape index (κ2) is 5.81. The van der Waals surface area contributed by atoms with Gasteiger partial charge in [-0.3, -0.25) is 4.79 Å². The van der Waals surface area contributed by atoms with Crippen LogP contribution in [0.4, 0.5) is 0 Å². The van der Waals surface area contributed by atoms with Gasteiger partial charge in [-0.05, 0) is 31.0 Å². The molecule has 0 aliphatic heterocycles. The summed E-state index contributed by atoms with van der Waals surface area (Å²) < 4.78 is 27.0. The van der Waals surface area contributed by atoms with E-state index in [9.17, 15) is 13.2 Å². The minimum Gasteiger partial charge on any atom is -0.480 e. The van der Waals surface area contributed by atoms with Crippen LogP contribution in [0, 0.1) is 6.92 Å². The Hall–Kier alpha value is -0.920. The monoisotopic (exact) mass is 335 g/mol. The van der Waals surface area contributed by atoms with E-state index in [0.29, 0.717) is 10.0 Å². The van der Waals surface area contributed by atoms with Crippen molar-refractivity contribution in [2.75, 3.05) is 0 Å². The fourth-order valence-electron chi connectivity index (χ4n) is 1.42. The van der Waals surface area contributed by atoms with Gasteiger partial charge in [0.2, 0.25) is 10.0 Å². The first-order valence-corrected chi connectivity index (χ1v) is 7.57. The summed E-state index contributed by atoms with van der Waals surface area (Å²) in [4.78, 5) is 10.9. The van der Waals surface area contributed by atoms with E-state index in [0.717, 1.165) is 0 Å². The van der Waals surface area contributed by atoms with Crippen LogP contribution in [0.2, 0.25) is 0 Å². The zero-order valence-electron chi connectivity index (χ0n) is 9.97. The summed E-state index contributed by atoms with van der Waals surface area (Å²) in [7, 11) is -3.83. The van der Waals surface area contributed by atoms with E-state index in [4.69, 9.17) is 5.11 Å². The minimum absolute atomic E-state index is 0.0802. The lowest BCUT2D eigenvalue weighted by atomic mass is 10.2. The third kappa shape index (κ3) is 3.54. The van der Waals surface area contributed by atoms with Gasteiger partial charge < -0.3 is 5.11 Å². The maximum Gasteiger partial charge on any atom is 0.321 e. The van der Waals surface area contributed by atoms with Gasteiger partial charge in [-0.25, -0.2) is 8.42 Å². The smallest absolute Gasteiger partial charge is 0.321 e. The highest BCUT2D eigenvalue weighted by Crippen LogP contribution is 2.20. The molecule has 0 bridgehead atoms. The summed E-state index contributed by atoms with van der Waals surface area (Å²) in [5.74, 6) is -1.19. The Labute approximate surface area is 114 Å². The molecule has 1 aromatic rings. The van der Waals surface area contributed by atoms with Crippen molar-refractivity contribution in [3.05, 3.63) is 28.2 Å². The zero-order chi connectivity index (χ0) is 13.9. The molecule has 7 heteroatoms. The standard InChI is InChI=1S/C11H14BrNO4S/c1-3-9(11(14)15)13-18(16,17)10-6-8(12)5-4-7(10)2/h4-6,9,13H,3H2,1-2H3,(H,14,15). The molecule has 2 N–H and O–H groups in total. The molecule has 0 fully saturated rings. The third-order valence-corrected chi connectivity index (χ3v) is 4.55. The molecular formula is C11H14BrNO4S. The molecule has 0 saturated heterocycles. The Kier molecular flexibility index (Phi) is 4.89. The number of hydrogen-bond donors (Lipinski definition) is 2. The Morgan fingerprint density at radius 3 is 2.61 bits per heavy atom. The molecule has 1 rings (SSSR count). The molecule has 1 atom stereocenters. The van der Waals surface area contributed by atoms with Crippen molar-refractivity contribution in [2.45, 2.75) is 31.2 Å². The van der Waals surface area contributed by atoms with Crippen LogP contribution in [0.3, 0.4) is 0 Å². The van der Waals surface area contributed by atoms with E-state index in [1.807, 2.05) is 0 Å². The molecule has 0 aromatic heterocycles. The largest absolute Gasteiger partial charge is 0.480 e. The van der Waals surface area contributed by atoms with E-state index >= 15 is 0 Å². The second-order valence-electron chi connectivity index (χ2n) is 3.83. The molecule has 1 unspecified atom stereocenters. The van der Waals surface area contributed by atoms with E-state index in [1.165, 1.54) is 6.07 Å². The Morgan fingerprint density at radius 1 is 1.50 bits per heavy atom. The number of sulfonamides is 1. The van der Waals surface area contributed by atoms with E-state index < -0.39 is 22.0 Å². The molecule has 0 radical (unpaired) electrons. The summed E-state index contributed by atoms with van der Waals surface area (Å²) in [5, 5.41) is 8.87. The summed E-state index contributed by atoms with van der Waals surface area (Å²) in [6.45, 7) is 3.26. The topological polar surface area (TPSA) is 83.5 Å². The number of rotatable bonds is 5. The number of nitrogens with one attached hydrogen (secondary N) is 1. The lowest BCUT2D eigenvalue weighted by molar-refractivity contribution is -0.139. The maximum atomic E-state index is 12.1. The molecule has 0 heterocycles. The molecule has 5 nitrogen and oxygen atoms in total. The number of halogens is 1. The van der Waals surface area contributed by atoms with Gasteiger partial charge in [-0.15, -0.1) is 0 Å². The second-order valence-corrected chi connectivity index (χ2v) is 6.43. The molecule has 0 amide bonds. The van der Waals surface area contributed by atoms with E-state index in [-0.39, 0.29) is 11.3 Å². The van der Waals surface area contributed by atoms with Crippen molar-refractivity contribution in [3.63, 3.8) is 0 Å². The van der Waals surface area contributed by atoms with Gasteiger partial charge in [-0.1, -0.05) is 28.9 Å². The van der Waals surface area contributed by atoms with Gasteiger partial charge in [-0.2, -0.15) is 4.72 Å². The van der Waals surface area contributed by atoms with Gasteiger partial charge in [0.25, 0.3) is 0 Å². The van der Waals surface area contributed by atoms with E-state index in [2.05, 4.69) is 20.7 Å². The van der Waals surface area contributed by atoms with Crippen molar-refractivity contribution in [3.8, 4) is 0 Å². The SMILES string of the molecule is CCC(NS(=O)(=O)c1cc(Br)ccc1C)C(=O)O. The Balaban J connectivity index is 3.14. The molecule has 0 saturated carbocycles. The van der Waals surface area contributed by atoms with Crippen molar-refractivity contribution < 1.29 is 18.3 Å². The average Bonchev–Trinajstić information content (AvgIpc) is 2.28. The van der Waals surface area contributed by atoms with Crippen molar-refractivity contribution in [1.29, 1.82) is 0 Å². The number of carboxylic acid groups (broad SMARTS) is 1. The van der Waals surface area contributed by atoms with Gasteiger partial charge >= 0.3 is 5.97 Å². The first-order valence-electron chi connectivity index (χ1n) is 5.29. The van der Waals surface area contributed by atoms with Crippen molar-refractivity contribution >= 4 is 31.9 Å². The van der Waals surface area contributed by atoms with Crippen molar-refractivity contribution in [2.24, 2.45) is 0 Å². The predicted molar refractivity (Wildman–Crippen MR) is 70.9 cm³/mol. The highest BCUT2D eigenvalue weighted by Gasteiger charge is 2.25. The van der Waals surface area contributed by atoms with Crippen LogP contribution in [0.1, 0.15) is 18.9 Å². The van der Waals surface area contributed by atoms with Crippen LogP contribution in [0.5, 0.6) is 0 Å². The third-order valence-electron chi connectivity index (χ3n) is 2.44. The Morgan fingerprint density at radius 2 is 2.11 bits per heavy atom. The van der Waals surface area contributed by atoms with Gasteiger partial charge in [0, 0.05) is 4.47 Å². The van der Waals surface area contributed by atoms with E-state index in [1.54, 1.807) is 26.0 Å². The van der Waals surface area contributed by atoms with Crippen LogP contribution >= 0.6 is 15.9 Å². The van der Waals surface area contributed by atoms with Crippen molar-refractivity contribution in [1.82, 2.24) is 4.72 Å². The molecule has 0 aliphatic rings. The number of hydrogen-bond acceptors (Lipinski definition) is 3. The maximum absolute atomic E-state index is 12.1. The summed E-state index contributed by atoms with van der Waals surface area (Å²) >= 11 is 3.19. The normalized spacial score (nSPS) is 13.3. The molecule has 18 heavy (non-hydrogen) atoms. The van der Waals surface area contributed by atoms with Gasteiger partial charge in [0.1, 0.15) is 6.04 Å². The summed E-state index contributed by atoms with van der Waals surface area (Å²) in [6, 6.07) is 3.71. The number of aryl methyl sites for hydroxylation is 1. The molecular weight excluding hydrogens is 322 g/mol. The van der Waals surface area contributed by atoms with Gasteiger partial charge in [0.15, 0.2) is 0 Å². The first-order chi connectivity index (χ1) is 8.27. The fraction of sp³-hybridized carbons (Fsp3) is 0.364. The molecule has 1 aromatic carbocycles. The number of carboxylic acids is 1.